The fraction of sp³-hybridized carbons (Fsp3) is 0. The highest BCUT2D eigenvalue weighted by Gasteiger charge is 2.13. The predicted octanol–water partition coefficient (Wildman–Crippen LogP) is 9.47. The number of aromatic nitrogens is 1. The summed E-state index contributed by atoms with van der Waals surface area (Å²) in [4.78, 5) is 0. The molecule has 33 heavy (non-hydrogen) atoms. The van der Waals surface area contributed by atoms with Crippen LogP contribution in [0, 0.1) is 0 Å². The van der Waals surface area contributed by atoms with Crippen LogP contribution in [0.1, 0.15) is 0 Å². The topological polar surface area (TPSA) is 4.93 Å². The Morgan fingerprint density at radius 2 is 1.24 bits per heavy atom. The molecule has 7 aromatic rings. The van der Waals surface area contributed by atoms with Gasteiger partial charge in [-0.05, 0) is 65.7 Å². The standard InChI is InChI=1S/C30H18ClNS/c31-21-12-13-24-26-17-20(11-15-29(26)33-30(24)18-21)19-10-14-28-25(16-19)23-8-4-5-9-27(23)32(28)22-6-2-1-3-7-22/h1-18H. The zero-order valence-corrected chi connectivity index (χ0v) is 19.2. The van der Waals surface area contributed by atoms with Crippen LogP contribution in [0.3, 0.4) is 0 Å². The van der Waals surface area contributed by atoms with Gasteiger partial charge in [-0.2, -0.15) is 0 Å². The first-order valence-corrected chi connectivity index (χ1v) is 12.2. The molecule has 0 aliphatic carbocycles. The molecule has 0 amide bonds. The summed E-state index contributed by atoms with van der Waals surface area (Å²) in [5, 5.41) is 5.89. The highest BCUT2D eigenvalue weighted by Crippen LogP contribution is 2.39. The average molecular weight is 460 g/mol. The molecule has 7 rings (SSSR count). The van der Waals surface area contributed by atoms with Crippen LogP contribution < -0.4 is 0 Å². The normalized spacial score (nSPS) is 11.8. The van der Waals surface area contributed by atoms with Gasteiger partial charge in [-0.1, -0.05) is 66.2 Å². The minimum atomic E-state index is 0.787. The predicted molar refractivity (Wildman–Crippen MR) is 144 cm³/mol. The summed E-state index contributed by atoms with van der Waals surface area (Å²) in [5.74, 6) is 0. The fourth-order valence-electron chi connectivity index (χ4n) is 4.94. The summed E-state index contributed by atoms with van der Waals surface area (Å²) >= 11 is 8.02. The molecule has 0 saturated carbocycles. The molecule has 0 aliphatic rings. The maximum atomic E-state index is 6.23. The van der Waals surface area contributed by atoms with Gasteiger partial charge in [0.15, 0.2) is 0 Å². The molecular formula is C30H18ClNS. The maximum Gasteiger partial charge on any atom is 0.0541 e. The van der Waals surface area contributed by atoms with Crippen LogP contribution in [0.4, 0.5) is 0 Å². The van der Waals surface area contributed by atoms with E-state index in [1.807, 2.05) is 6.07 Å². The summed E-state index contributed by atoms with van der Waals surface area (Å²) in [6.07, 6.45) is 0. The smallest absolute Gasteiger partial charge is 0.0541 e. The number of nitrogens with zero attached hydrogens (tertiary/aromatic N) is 1. The molecular weight excluding hydrogens is 442 g/mol. The van der Waals surface area contributed by atoms with Crippen molar-refractivity contribution in [3.8, 4) is 16.8 Å². The van der Waals surface area contributed by atoms with Gasteiger partial charge in [-0.15, -0.1) is 11.3 Å². The highest BCUT2D eigenvalue weighted by atomic mass is 35.5. The zero-order chi connectivity index (χ0) is 21.9. The van der Waals surface area contributed by atoms with Crippen LogP contribution in [0.15, 0.2) is 109 Å². The van der Waals surface area contributed by atoms with E-state index >= 15 is 0 Å². The minimum absolute atomic E-state index is 0.787. The molecule has 0 spiro atoms. The summed E-state index contributed by atoms with van der Waals surface area (Å²) < 4.78 is 4.88. The molecule has 0 fully saturated rings. The first-order valence-electron chi connectivity index (χ1n) is 11.0. The van der Waals surface area contributed by atoms with Gasteiger partial charge >= 0.3 is 0 Å². The quantitative estimate of drug-likeness (QED) is 0.242. The molecule has 2 heterocycles. The van der Waals surface area contributed by atoms with E-state index in [-0.39, 0.29) is 0 Å². The van der Waals surface area contributed by atoms with Gasteiger partial charge in [0.2, 0.25) is 0 Å². The van der Waals surface area contributed by atoms with Crippen LogP contribution in [-0.2, 0) is 0 Å². The third kappa shape index (κ3) is 2.92. The lowest BCUT2D eigenvalue weighted by Crippen LogP contribution is -1.92. The van der Waals surface area contributed by atoms with Crippen molar-refractivity contribution in [2.24, 2.45) is 0 Å². The highest BCUT2D eigenvalue weighted by molar-refractivity contribution is 7.25. The zero-order valence-electron chi connectivity index (χ0n) is 17.6. The van der Waals surface area contributed by atoms with Crippen molar-refractivity contribution in [3.05, 3.63) is 114 Å². The number of halogens is 1. The first kappa shape index (κ1) is 18.9. The third-order valence-electron chi connectivity index (χ3n) is 6.45. The number of hydrogen-bond acceptors (Lipinski definition) is 1. The van der Waals surface area contributed by atoms with Gasteiger partial charge in [-0.3, -0.25) is 0 Å². The maximum absolute atomic E-state index is 6.23. The molecule has 2 aromatic heterocycles. The van der Waals surface area contributed by atoms with E-state index in [9.17, 15) is 0 Å². The number of fused-ring (bicyclic) bond motifs is 6. The average Bonchev–Trinajstić information content (AvgIpc) is 3.38. The van der Waals surface area contributed by atoms with Crippen molar-refractivity contribution in [3.63, 3.8) is 0 Å². The molecule has 0 radical (unpaired) electrons. The van der Waals surface area contributed by atoms with E-state index in [1.165, 1.54) is 58.8 Å². The number of thiophene rings is 1. The summed E-state index contributed by atoms with van der Waals surface area (Å²) in [6, 6.07) is 39.1. The second kappa shape index (κ2) is 7.21. The summed E-state index contributed by atoms with van der Waals surface area (Å²) in [6.45, 7) is 0. The largest absolute Gasteiger partial charge is 0.309 e. The Kier molecular flexibility index (Phi) is 4.14. The van der Waals surface area contributed by atoms with E-state index in [0.29, 0.717) is 0 Å². The Bertz CT molecular complexity index is 1830. The SMILES string of the molecule is Clc1ccc2c(c1)sc1ccc(-c3ccc4c(c3)c3ccccc3n4-c3ccccc3)cc12. The fourth-order valence-corrected chi connectivity index (χ4v) is 6.30. The second-order valence-electron chi connectivity index (χ2n) is 8.37. The first-order chi connectivity index (χ1) is 16.3. The van der Waals surface area contributed by atoms with E-state index < -0.39 is 0 Å². The van der Waals surface area contributed by atoms with E-state index in [2.05, 4.69) is 108 Å². The number of para-hydroxylation sites is 2. The van der Waals surface area contributed by atoms with Gasteiger partial charge < -0.3 is 4.57 Å². The minimum Gasteiger partial charge on any atom is -0.309 e. The van der Waals surface area contributed by atoms with Crippen LogP contribution in [0.5, 0.6) is 0 Å². The Balaban J connectivity index is 1.47. The van der Waals surface area contributed by atoms with Crippen molar-refractivity contribution in [1.82, 2.24) is 4.57 Å². The molecule has 0 unspecified atom stereocenters. The molecule has 1 nitrogen and oxygen atoms in total. The van der Waals surface area contributed by atoms with Gasteiger partial charge in [0.1, 0.15) is 0 Å². The van der Waals surface area contributed by atoms with Gasteiger partial charge in [-0.25, -0.2) is 0 Å². The number of rotatable bonds is 2. The Labute approximate surface area is 200 Å². The molecule has 0 saturated heterocycles. The molecule has 156 valence electrons. The second-order valence-corrected chi connectivity index (χ2v) is 9.89. The van der Waals surface area contributed by atoms with E-state index in [1.54, 1.807) is 11.3 Å². The van der Waals surface area contributed by atoms with Crippen molar-refractivity contribution >= 4 is 64.9 Å². The Morgan fingerprint density at radius 3 is 2.12 bits per heavy atom. The van der Waals surface area contributed by atoms with Crippen LogP contribution in [-0.4, -0.2) is 4.57 Å². The van der Waals surface area contributed by atoms with Gasteiger partial charge in [0.25, 0.3) is 0 Å². The monoisotopic (exact) mass is 459 g/mol. The molecule has 5 aromatic carbocycles. The Hall–Kier alpha value is -3.59. The molecule has 0 atom stereocenters. The van der Waals surface area contributed by atoms with Crippen LogP contribution >= 0.6 is 22.9 Å². The Morgan fingerprint density at radius 1 is 0.515 bits per heavy atom. The molecule has 3 heteroatoms. The van der Waals surface area contributed by atoms with Crippen LogP contribution in [0.2, 0.25) is 5.02 Å². The van der Waals surface area contributed by atoms with Crippen molar-refractivity contribution in [2.75, 3.05) is 0 Å². The van der Waals surface area contributed by atoms with Gasteiger partial charge in [0.05, 0.1) is 11.0 Å². The lowest BCUT2D eigenvalue weighted by atomic mass is 10.0. The number of benzene rings is 5. The number of hydrogen-bond donors (Lipinski definition) is 0. The molecule has 0 bridgehead atoms. The van der Waals surface area contributed by atoms with Crippen LogP contribution in [0.25, 0.3) is 58.8 Å². The third-order valence-corrected chi connectivity index (χ3v) is 7.82. The van der Waals surface area contributed by atoms with Crippen molar-refractivity contribution in [1.29, 1.82) is 0 Å². The van der Waals surface area contributed by atoms with E-state index in [4.69, 9.17) is 11.6 Å². The lowest BCUT2D eigenvalue weighted by Gasteiger charge is -2.08. The molecule has 0 N–H and O–H groups in total. The van der Waals surface area contributed by atoms with E-state index in [0.717, 1.165) is 5.02 Å². The molecule has 0 aliphatic heterocycles. The van der Waals surface area contributed by atoms with Gasteiger partial charge in [0, 0.05) is 41.7 Å². The lowest BCUT2D eigenvalue weighted by molar-refractivity contribution is 1.18. The summed E-state index contributed by atoms with van der Waals surface area (Å²) in [7, 11) is 0. The summed E-state index contributed by atoms with van der Waals surface area (Å²) in [5.41, 5.74) is 6.10. The van der Waals surface area contributed by atoms with Crippen molar-refractivity contribution in [2.45, 2.75) is 0 Å². The van der Waals surface area contributed by atoms with Crippen molar-refractivity contribution < 1.29 is 0 Å².